The average molecular weight is 477 g/mol. The quantitative estimate of drug-likeness (QED) is 0.512. The standard InChI is InChI=1S/C19H29FN4O5S2/c20-17-4-6-18(7-5-17)31(28,29)24(12-2-11-22-10-1-3-19(22)25)15-16-30(26,27)23-13-8-21-9-14-23/h4-7,21H,1-3,8-16H2. The summed E-state index contributed by atoms with van der Waals surface area (Å²) in [5, 5.41) is 3.08. The van der Waals surface area contributed by atoms with Crippen LogP contribution < -0.4 is 5.32 Å². The zero-order chi connectivity index (χ0) is 22.5. The molecule has 0 bridgehead atoms. The molecule has 2 aliphatic rings. The number of amides is 1. The van der Waals surface area contributed by atoms with Gasteiger partial charge in [-0.05, 0) is 37.1 Å². The smallest absolute Gasteiger partial charge is 0.243 e. The zero-order valence-electron chi connectivity index (χ0n) is 17.4. The van der Waals surface area contributed by atoms with Crippen LogP contribution >= 0.6 is 0 Å². The van der Waals surface area contributed by atoms with Gasteiger partial charge in [-0.1, -0.05) is 0 Å². The van der Waals surface area contributed by atoms with Gasteiger partial charge >= 0.3 is 0 Å². The maximum absolute atomic E-state index is 13.3. The molecular weight excluding hydrogens is 447 g/mol. The molecule has 0 saturated carbocycles. The highest BCUT2D eigenvalue weighted by atomic mass is 32.2. The molecule has 0 radical (unpaired) electrons. The highest BCUT2D eigenvalue weighted by Gasteiger charge is 2.30. The van der Waals surface area contributed by atoms with Gasteiger partial charge in [0, 0.05) is 58.8 Å². The molecule has 1 amide bonds. The van der Waals surface area contributed by atoms with Crippen LogP contribution in [0.4, 0.5) is 4.39 Å². The number of piperazine rings is 1. The van der Waals surface area contributed by atoms with Crippen molar-refractivity contribution >= 4 is 26.0 Å². The number of nitrogens with zero attached hydrogens (tertiary/aromatic N) is 3. The number of likely N-dealkylation sites (tertiary alicyclic amines) is 1. The lowest BCUT2D eigenvalue weighted by atomic mass is 10.3. The van der Waals surface area contributed by atoms with Gasteiger partial charge in [0.25, 0.3) is 0 Å². The van der Waals surface area contributed by atoms with Crippen molar-refractivity contribution < 1.29 is 26.0 Å². The third-order valence-electron chi connectivity index (χ3n) is 5.53. The molecule has 174 valence electrons. The van der Waals surface area contributed by atoms with Gasteiger partial charge in [0.05, 0.1) is 10.6 Å². The Morgan fingerprint density at radius 3 is 2.29 bits per heavy atom. The zero-order valence-corrected chi connectivity index (χ0v) is 19.0. The molecule has 0 spiro atoms. The van der Waals surface area contributed by atoms with Gasteiger partial charge in [-0.25, -0.2) is 21.2 Å². The van der Waals surface area contributed by atoms with Crippen molar-refractivity contribution in [2.24, 2.45) is 0 Å². The number of hydrogen-bond donors (Lipinski definition) is 1. The Morgan fingerprint density at radius 1 is 1.00 bits per heavy atom. The first-order valence-corrected chi connectivity index (χ1v) is 13.5. The van der Waals surface area contributed by atoms with E-state index in [0.29, 0.717) is 52.1 Å². The molecule has 2 heterocycles. The van der Waals surface area contributed by atoms with Crippen molar-refractivity contribution in [2.75, 3.05) is 58.1 Å². The Kier molecular flexibility index (Phi) is 8.03. The first-order valence-electron chi connectivity index (χ1n) is 10.4. The van der Waals surface area contributed by atoms with E-state index in [1.807, 2.05) is 0 Å². The third kappa shape index (κ3) is 6.22. The topological polar surface area (TPSA) is 107 Å². The summed E-state index contributed by atoms with van der Waals surface area (Å²) in [7, 11) is -7.63. The normalized spacial score (nSPS) is 18.8. The molecular formula is C19H29FN4O5S2. The van der Waals surface area contributed by atoms with E-state index in [9.17, 15) is 26.0 Å². The van der Waals surface area contributed by atoms with Crippen molar-refractivity contribution in [2.45, 2.75) is 24.2 Å². The van der Waals surface area contributed by atoms with Crippen LogP contribution in [-0.2, 0) is 24.8 Å². The van der Waals surface area contributed by atoms with E-state index in [4.69, 9.17) is 0 Å². The van der Waals surface area contributed by atoms with E-state index in [0.717, 1.165) is 22.9 Å². The van der Waals surface area contributed by atoms with Gasteiger partial charge in [0.2, 0.25) is 26.0 Å². The number of hydrogen-bond acceptors (Lipinski definition) is 6. The van der Waals surface area contributed by atoms with E-state index in [1.165, 1.54) is 16.4 Å². The summed E-state index contributed by atoms with van der Waals surface area (Å²) in [5.41, 5.74) is 0. The Morgan fingerprint density at radius 2 is 1.68 bits per heavy atom. The molecule has 12 heteroatoms. The number of sulfonamides is 2. The maximum Gasteiger partial charge on any atom is 0.243 e. The summed E-state index contributed by atoms with van der Waals surface area (Å²) in [6, 6.07) is 4.47. The number of benzene rings is 1. The highest BCUT2D eigenvalue weighted by Crippen LogP contribution is 2.18. The fourth-order valence-corrected chi connectivity index (χ4v) is 6.80. The van der Waals surface area contributed by atoms with Gasteiger partial charge in [-0.2, -0.15) is 8.61 Å². The predicted molar refractivity (Wildman–Crippen MR) is 114 cm³/mol. The van der Waals surface area contributed by atoms with Crippen LogP contribution in [0.5, 0.6) is 0 Å². The van der Waals surface area contributed by atoms with Crippen LogP contribution in [0.3, 0.4) is 0 Å². The summed E-state index contributed by atoms with van der Waals surface area (Å²) < 4.78 is 67.4. The van der Waals surface area contributed by atoms with Gasteiger partial charge in [0.15, 0.2) is 0 Å². The fourth-order valence-electron chi connectivity index (χ4n) is 3.75. The monoisotopic (exact) mass is 476 g/mol. The van der Waals surface area contributed by atoms with Crippen LogP contribution in [-0.4, -0.2) is 94.4 Å². The van der Waals surface area contributed by atoms with Crippen LogP contribution in [0.25, 0.3) is 0 Å². The van der Waals surface area contributed by atoms with Crippen LogP contribution in [0.1, 0.15) is 19.3 Å². The summed E-state index contributed by atoms with van der Waals surface area (Å²) in [6.45, 7) is 2.75. The van der Waals surface area contributed by atoms with Gasteiger partial charge < -0.3 is 10.2 Å². The second kappa shape index (κ2) is 10.3. The molecule has 1 aromatic rings. The molecule has 0 aromatic heterocycles. The summed E-state index contributed by atoms with van der Waals surface area (Å²) >= 11 is 0. The molecule has 9 nitrogen and oxygen atoms in total. The lowest BCUT2D eigenvalue weighted by Crippen LogP contribution is -2.48. The number of halogens is 1. The highest BCUT2D eigenvalue weighted by molar-refractivity contribution is 7.90. The summed E-state index contributed by atoms with van der Waals surface area (Å²) in [5.74, 6) is -0.843. The Balaban J connectivity index is 1.71. The minimum Gasteiger partial charge on any atom is -0.343 e. The Hall–Kier alpha value is -1.60. The van der Waals surface area contributed by atoms with Crippen molar-refractivity contribution in [1.82, 2.24) is 18.8 Å². The number of carbonyl (C=O) groups excluding carboxylic acids is 1. The minimum atomic E-state index is -4.01. The van der Waals surface area contributed by atoms with Crippen LogP contribution in [0.15, 0.2) is 29.2 Å². The van der Waals surface area contributed by atoms with Crippen molar-refractivity contribution in [3.05, 3.63) is 30.1 Å². The van der Waals surface area contributed by atoms with Crippen LogP contribution in [0.2, 0.25) is 0 Å². The minimum absolute atomic E-state index is 0.0502. The molecule has 0 unspecified atom stereocenters. The summed E-state index contributed by atoms with van der Waals surface area (Å²) in [6.07, 6.45) is 1.68. The molecule has 0 aliphatic carbocycles. The first kappa shape index (κ1) is 24.1. The largest absolute Gasteiger partial charge is 0.343 e. The van der Waals surface area contributed by atoms with Gasteiger partial charge in [-0.15, -0.1) is 0 Å². The molecule has 1 N–H and O–H groups in total. The SMILES string of the molecule is O=C1CCCN1CCCN(CCS(=O)(=O)N1CCNCC1)S(=O)(=O)c1ccc(F)cc1. The van der Waals surface area contributed by atoms with E-state index in [2.05, 4.69) is 5.32 Å². The number of rotatable bonds is 10. The fraction of sp³-hybridized carbons (Fsp3) is 0.632. The van der Waals surface area contributed by atoms with Crippen LogP contribution in [0, 0.1) is 5.82 Å². The Bertz CT molecular complexity index is 964. The van der Waals surface area contributed by atoms with E-state index < -0.39 is 25.9 Å². The van der Waals surface area contributed by atoms with E-state index in [-0.39, 0.29) is 29.6 Å². The summed E-state index contributed by atoms with van der Waals surface area (Å²) in [4.78, 5) is 13.4. The third-order valence-corrected chi connectivity index (χ3v) is 9.29. The molecule has 1 aromatic carbocycles. The van der Waals surface area contributed by atoms with E-state index in [1.54, 1.807) is 4.90 Å². The lowest BCUT2D eigenvalue weighted by molar-refractivity contribution is -0.127. The molecule has 2 saturated heterocycles. The Labute approximate surface area is 183 Å². The predicted octanol–water partition coefficient (Wildman–Crippen LogP) is 0.0639. The molecule has 3 rings (SSSR count). The molecule has 31 heavy (non-hydrogen) atoms. The molecule has 2 aliphatic heterocycles. The molecule has 0 atom stereocenters. The number of nitrogens with one attached hydrogen (secondary N) is 1. The number of carbonyl (C=O) groups is 1. The first-order chi connectivity index (χ1) is 14.7. The van der Waals surface area contributed by atoms with E-state index >= 15 is 0 Å². The maximum atomic E-state index is 13.3. The average Bonchev–Trinajstić information content (AvgIpc) is 3.16. The van der Waals surface area contributed by atoms with Crippen molar-refractivity contribution in [3.8, 4) is 0 Å². The second-order valence-electron chi connectivity index (χ2n) is 7.66. The lowest BCUT2D eigenvalue weighted by Gasteiger charge is -2.28. The van der Waals surface area contributed by atoms with Gasteiger partial charge in [0.1, 0.15) is 5.82 Å². The van der Waals surface area contributed by atoms with Gasteiger partial charge in [-0.3, -0.25) is 4.79 Å². The van der Waals surface area contributed by atoms with Crippen molar-refractivity contribution in [1.29, 1.82) is 0 Å². The molecule has 2 fully saturated rings. The van der Waals surface area contributed by atoms with Crippen molar-refractivity contribution in [3.63, 3.8) is 0 Å². The second-order valence-corrected chi connectivity index (χ2v) is 11.7.